The van der Waals surface area contributed by atoms with Crippen LogP contribution in [0.5, 0.6) is 0 Å². The summed E-state index contributed by atoms with van der Waals surface area (Å²) in [5, 5.41) is 4.90. The maximum atomic E-state index is 6.01. The molecule has 1 aromatic carbocycles. The standard InChI is InChI=1S/C15H11Cl2N3/c16-7-12-6-15(18-9-14(12)17)20-10-13(8-19-20)11-4-2-1-3-5-11/h1-6,8-10H,7H2. The number of alkyl halides is 1. The molecule has 0 N–H and O–H groups in total. The average molecular weight is 304 g/mol. The third-order valence-electron chi connectivity index (χ3n) is 2.99. The minimum absolute atomic E-state index is 0.348. The molecule has 0 bridgehead atoms. The van der Waals surface area contributed by atoms with Crippen molar-refractivity contribution in [3.8, 4) is 16.9 Å². The predicted octanol–water partition coefficient (Wildman–Crippen LogP) is 4.33. The van der Waals surface area contributed by atoms with Gasteiger partial charge >= 0.3 is 0 Å². The van der Waals surface area contributed by atoms with Crippen LogP contribution in [-0.4, -0.2) is 14.8 Å². The molecule has 2 aromatic heterocycles. The highest BCUT2D eigenvalue weighted by Crippen LogP contribution is 2.22. The number of rotatable bonds is 3. The number of pyridine rings is 1. The number of halogens is 2. The Labute approximate surface area is 126 Å². The molecule has 3 rings (SSSR count). The Hall–Kier alpha value is -1.84. The van der Waals surface area contributed by atoms with Gasteiger partial charge < -0.3 is 0 Å². The van der Waals surface area contributed by atoms with Gasteiger partial charge in [-0.2, -0.15) is 5.10 Å². The number of hydrogen-bond donors (Lipinski definition) is 0. The average Bonchev–Trinajstić information content (AvgIpc) is 2.98. The monoisotopic (exact) mass is 303 g/mol. The molecule has 0 fully saturated rings. The number of nitrogens with zero attached hydrogens (tertiary/aromatic N) is 3. The van der Waals surface area contributed by atoms with Gasteiger partial charge in [0.25, 0.3) is 0 Å². The van der Waals surface area contributed by atoms with Crippen molar-refractivity contribution in [2.24, 2.45) is 0 Å². The van der Waals surface area contributed by atoms with Gasteiger partial charge in [-0.1, -0.05) is 41.9 Å². The fourth-order valence-electron chi connectivity index (χ4n) is 1.92. The van der Waals surface area contributed by atoms with E-state index < -0.39 is 0 Å². The predicted molar refractivity (Wildman–Crippen MR) is 81.4 cm³/mol. The van der Waals surface area contributed by atoms with Crippen molar-refractivity contribution in [3.63, 3.8) is 0 Å². The molecule has 0 unspecified atom stereocenters. The smallest absolute Gasteiger partial charge is 0.153 e. The van der Waals surface area contributed by atoms with Crippen molar-refractivity contribution in [1.29, 1.82) is 0 Å². The summed E-state index contributed by atoms with van der Waals surface area (Å²) in [4.78, 5) is 4.27. The van der Waals surface area contributed by atoms with Gasteiger partial charge in [0.1, 0.15) is 0 Å². The first-order chi connectivity index (χ1) is 9.78. The lowest BCUT2D eigenvalue weighted by atomic mass is 10.1. The minimum atomic E-state index is 0.348. The first kappa shape index (κ1) is 13.2. The Kier molecular flexibility index (Phi) is 3.72. The van der Waals surface area contributed by atoms with E-state index in [0.717, 1.165) is 16.7 Å². The van der Waals surface area contributed by atoms with Crippen molar-refractivity contribution in [2.75, 3.05) is 0 Å². The minimum Gasteiger partial charge on any atom is -0.236 e. The van der Waals surface area contributed by atoms with Crippen LogP contribution in [0.3, 0.4) is 0 Å². The fraction of sp³-hybridized carbons (Fsp3) is 0.0667. The van der Waals surface area contributed by atoms with Crippen molar-refractivity contribution >= 4 is 23.2 Å². The van der Waals surface area contributed by atoms with Gasteiger partial charge in [0.05, 0.1) is 11.2 Å². The van der Waals surface area contributed by atoms with Crippen LogP contribution in [-0.2, 0) is 5.88 Å². The molecule has 0 saturated heterocycles. The molecular weight excluding hydrogens is 293 g/mol. The lowest BCUT2D eigenvalue weighted by molar-refractivity contribution is 0.845. The third kappa shape index (κ3) is 2.55. The lowest BCUT2D eigenvalue weighted by Gasteiger charge is -2.04. The van der Waals surface area contributed by atoms with Crippen molar-refractivity contribution in [3.05, 3.63) is 65.6 Å². The van der Waals surface area contributed by atoms with Gasteiger partial charge in [-0.25, -0.2) is 9.67 Å². The zero-order valence-electron chi connectivity index (χ0n) is 10.5. The summed E-state index contributed by atoms with van der Waals surface area (Å²) in [5.41, 5.74) is 3.00. The lowest BCUT2D eigenvalue weighted by Crippen LogP contribution is -1.98. The maximum absolute atomic E-state index is 6.01. The Bertz CT molecular complexity index is 723. The van der Waals surface area contributed by atoms with Crippen molar-refractivity contribution in [2.45, 2.75) is 5.88 Å². The third-order valence-corrected chi connectivity index (χ3v) is 3.62. The molecule has 0 aliphatic heterocycles. The van der Waals surface area contributed by atoms with Gasteiger partial charge in [0, 0.05) is 23.8 Å². The van der Waals surface area contributed by atoms with Gasteiger partial charge in [-0.05, 0) is 17.2 Å². The second kappa shape index (κ2) is 5.65. The largest absolute Gasteiger partial charge is 0.236 e. The molecule has 3 aromatic rings. The van der Waals surface area contributed by atoms with E-state index in [1.165, 1.54) is 0 Å². The molecule has 3 nitrogen and oxygen atoms in total. The van der Waals surface area contributed by atoms with Crippen LogP contribution in [0.1, 0.15) is 5.56 Å². The second-order valence-corrected chi connectivity index (χ2v) is 4.98. The highest BCUT2D eigenvalue weighted by molar-refractivity contribution is 6.32. The number of hydrogen-bond acceptors (Lipinski definition) is 2. The molecule has 0 aliphatic rings. The van der Waals surface area contributed by atoms with Crippen LogP contribution in [0.15, 0.2) is 55.0 Å². The zero-order chi connectivity index (χ0) is 13.9. The highest BCUT2D eigenvalue weighted by atomic mass is 35.5. The number of aromatic nitrogens is 3. The molecule has 0 aliphatic carbocycles. The maximum Gasteiger partial charge on any atom is 0.153 e. The number of benzene rings is 1. The summed E-state index contributed by atoms with van der Waals surface area (Å²) in [6.45, 7) is 0. The van der Waals surface area contributed by atoms with Crippen LogP contribution < -0.4 is 0 Å². The van der Waals surface area contributed by atoms with E-state index in [9.17, 15) is 0 Å². The molecular formula is C15H11Cl2N3. The topological polar surface area (TPSA) is 30.7 Å². The van der Waals surface area contributed by atoms with Gasteiger partial charge in [-0.3, -0.25) is 0 Å². The van der Waals surface area contributed by atoms with Gasteiger partial charge in [0.2, 0.25) is 0 Å². The van der Waals surface area contributed by atoms with Crippen LogP contribution in [0.4, 0.5) is 0 Å². The van der Waals surface area contributed by atoms with E-state index >= 15 is 0 Å². The molecule has 0 spiro atoms. The van der Waals surface area contributed by atoms with Crippen LogP contribution in [0.25, 0.3) is 16.9 Å². The molecule has 0 radical (unpaired) electrons. The Morgan fingerprint density at radius 2 is 1.85 bits per heavy atom. The fourth-order valence-corrected chi connectivity index (χ4v) is 2.38. The first-order valence-electron chi connectivity index (χ1n) is 6.09. The Morgan fingerprint density at radius 3 is 2.60 bits per heavy atom. The quantitative estimate of drug-likeness (QED) is 0.674. The van der Waals surface area contributed by atoms with Gasteiger partial charge in [-0.15, -0.1) is 11.6 Å². The summed E-state index contributed by atoms with van der Waals surface area (Å²) >= 11 is 11.9. The van der Waals surface area contributed by atoms with E-state index in [4.69, 9.17) is 23.2 Å². The molecule has 20 heavy (non-hydrogen) atoms. The van der Waals surface area contributed by atoms with Crippen molar-refractivity contribution < 1.29 is 0 Å². The van der Waals surface area contributed by atoms with E-state index in [-0.39, 0.29) is 0 Å². The normalized spacial score (nSPS) is 10.7. The summed E-state index contributed by atoms with van der Waals surface area (Å²) in [6, 6.07) is 11.9. The Balaban J connectivity index is 1.98. The van der Waals surface area contributed by atoms with E-state index in [2.05, 4.69) is 10.1 Å². The molecule has 2 heterocycles. The summed E-state index contributed by atoms with van der Waals surface area (Å²) < 4.78 is 1.72. The van der Waals surface area contributed by atoms with Crippen LogP contribution in [0.2, 0.25) is 5.02 Å². The van der Waals surface area contributed by atoms with Crippen LogP contribution in [0, 0.1) is 0 Å². The van der Waals surface area contributed by atoms with E-state index in [0.29, 0.717) is 16.7 Å². The van der Waals surface area contributed by atoms with E-state index in [1.54, 1.807) is 10.9 Å². The molecule has 0 saturated carbocycles. The second-order valence-electron chi connectivity index (χ2n) is 4.31. The molecule has 100 valence electrons. The van der Waals surface area contributed by atoms with E-state index in [1.807, 2.05) is 48.8 Å². The molecule has 5 heteroatoms. The highest BCUT2D eigenvalue weighted by Gasteiger charge is 2.07. The summed E-state index contributed by atoms with van der Waals surface area (Å²) in [7, 11) is 0. The van der Waals surface area contributed by atoms with Crippen molar-refractivity contribution in [1.82, 2.24) is 14.8 Å². The summed E-state index contributed by atoms with van der Waals surface area (Å²) in [6.07, 6.45) is 5.34. The first-order valence-corrected chi connectivity index (χ1v) is 7.00. The van der Waals surface area contributed by atoms with Crippen LogP contribution >= 0.6 is 23.2 Å². The molecule has 0 atom stereocenters. The zero-order valence-corrected chi connectivity index (χ0v) is 12.0. The molecule has 0 amide bonds. The SMILES string of the molecule is ClCc1cc(-n2cc(-c3ccccc3)cn2)ncc1Cl. The summed E-state index contributed by atoms with van der Waals surface area (Å²) in [5.74, 6) is 1.05. The van der Waals surface area contributed by atoms with Gasteiger partial charge in [0.15, 0.2) is 5.82 Å². The Morgan fingerprint density at radius 1 is 1.05 bits per heavy atom.